The topological polar surface area (TPSA) is 55.4 Å². The largest absolute Gasteiger partial charge is 0.591 e. The highest BCUT2D eigenvalue weighted by Crippen LogP contribution is 2.34. The van der Waals surface area contributed by atoms with Crippen LogP contribution in [0.25, 0.3) is 0 Å². The van der Waals surface area contributed by atoms with E-state index < -0.39 is 0 Å². The molecule has 2 fully saturated rings. The number of hydrogen-bond acceptors (Lipinski definition) is 6. The van der Waals surface area contributed by atoms with Gasteiger partial charge in [0, 0.05) is 25.9 Å². The van der Waals surface area contributed by atoms with E-state index in [0.717, 1.165) is 43.0 Å². The summed E-state index contributed by atoms with van der Waals surface area (Å²) in [4.78, 5) is 0. The molecule has 3 aliphatic heterocycles. The summed E-state index contributed by atoms with van der Waals surface area (Å²) in [6, 6.07) is 5.95. The Labute approximate surface area is 137 Å². The van der Waals surface area contributed by atoms with Gasteiger partial charge in [-0.05, 0) is 30.9 Å². The third-order valence-electron chi connectivity index (χ3n) is 4.16. The maximum atomic E-state index is 5.95. The zero-order chi connectivity index (χ0) is 15.6. The van der Waals surface area contributed by atoms with Gasteiger partial charge in [0.2, 0.25) is 0 Å². The SMILES string of the molecule is CB1Oc2ccc(CB3OCC(CB4OCCCO4)O3)cc2O1. The first-order chi connectivity index (χ1) is 11.3. The summed E-state index contributed by atoms with van der Waals surface area (Å²) in [6.07, 6.45) is 2.39. The van der Waals surface area contributed by atoms with E-state index in [9.17, 15) is 0 Å². The zero-order valence-corrected chi connectivity index (χ0v) is 13.2. The van der Waals surface area contributed by atoms with Crippen molar-refractivity contribution in [1.29, 1.82) is 0 Å². The molecule has 0 aromatic heterocycles. The average molecular weight is 316 g/mol. The molecule has 23 heavy (non-hydrogen) atoms. The molecule has 0 saturated carbocycles. The highest BCUT2D eigenvalue weighted by Gasteiger charge is 2.36. The molecule has 3 aliphatic rings. The van der Waals surface area contributed by atoms with Crippen LogP contribution < -0.4 is 9.31 Å². The molecule has 6 nitrogen and oxygen atoms in total. The van der Waals surface area contributed by atoms with Gasteiger partial charge in [0.15, 0.2) is 0 Å². The van der Waals surface area contributed by atoms with Crippen LogP contribution in [-0.4, -0.2) is 47.3 Å². The van der Waals surface area contributed by atoms with Crippen LogP contribution in [0.2, 0.25) is 13.1 Å². The van der Waals surface area contributed by atoms with Gasteiger partial charge in [-0.3, -0.25) is 0 Å². The molecular formula is C14H19B3O6. The molecule has 2 saturated heterocycles. The van der Waals surface area contributed by atoms with Crippen LogP contribution in [0.4, 0.5) is 0 Å². The normalized spacial score (nSPS) is 23.7. The van der Waals surface area contributed by atoms with Crippen LogP contribution in [0, 0.1) is 0 Å². The van der Waals surface area contributed by atoms with Crippen LogP contribution in [-0.2, 0) is 24.9 Å². The minimum Gasteiger partial charge on any atom is -0.523 e. The van der Waals surface area contributed by atoms with Gasteiger partial charge in [0.05, 0.1) is 12.7 Å². The molecule has 9 heteroatoms. The van der Waals surface area contributed by atoms with E-state index >= 15 is 0 Å². The van der Waals surface area contributed by atoms with E-state index in [1.54, 1.807) is 0 Å². The van der Waals surface area contributed by atoms with Gasteiger partial charge < -0.3 is 27.9 Å². The molecule has 0 bridgehead atoms. The van der Waals surface area contributed by atoms with Crippen molar-refractivity contribution in [3.05, 3.63) is 23.8 Å². The number of rotatable bonds is 4. The molecule has 0 spiro atoms. The molecule has 0 N–H and O–H groups in total. The predicted octanol–water partition coefficient (Wildman–Crippen LogP) is 1.49. The van der Waals surface area contributed by atoms with Gasteiger partial charge in [-0.15, -0.1) is 0 Å². The summed E-state index contributed by atoms with van der Waals surface area (Å²) < 4.78 is 33.9. The highest BCUT2D eigenvalue weighted by molar-refractivity contribution is 6.47. The lowest BCUT2D eigenvalue weighted by molar-refractivity contribution is 0.123. The van der Waals surface area contributed by atoms with Crippen LogP contribution in [0.3, 0.4) is 0 Å². The summed E-state index contributed by atoms with van der Waals surface area (Å²) >= 11 is 0. The van der Waals surface area contributed by atoms with Crippen molar-refractivity contribution >= 4 is 21.4 Å². The summed E-state index contributed by atoms with van der Waals surface area (Å²) in [6.45, 7) is 3.98. The van der Waals surface area contributed by atoms with Crippen molar-refractivity contribution < 1.29 is 27.9 Å². The Morgan fingerprint density at radius 2 is 1.87 bits per heavy atom. The van der Waals surface area contributed by atoms with Crippen LogP contribution >= 0.6 is 0 Å². The second-order valence-corrected chi connectivity index (χ2v) is 6.07. The fraction of sp³-hybridized carbons (Fsp3) is 0.571. The third-order valence-corrected chi connectivity index (χ3v) is 4.16. The van der Waals surface area contributed by atoms with E-state index in [-0.39, 0.29) is 27.5 Å². The fourth-order valence-corrected chi connectivity index (χ4v) is 3.07. The zero-order valence-electron chi connectivity index (χ0n) is 13.2. The molecule has 1 unspecified atom stereocenters. The average Bonchev–Trinajstić information content (AvgIpc) is 3.13. The monoisotopic (exact) mass is 316 g/mol. The number of hydrogen-bond donors (Lipinski definition) is 0. The van der Waals surface area contributed by atoms with E-state index in [0.29, 0.717) is 12.9 Å². The number of benzene rings is 1. The standard InChI is InChI=1S/C14H19B3O6/c1-15-22-13-4-3-11(7-14(13)23-15)8-17-20-10-12(21-17)9-16-18-5-2-6-19-16/h3-4,7,12H,2,5-6,8-10H2,1H3. The smallest absolute Gasteiger partial charge is 0.523 e. The molecule has 4 rings (SSSR count). The lowest BCUT2D eigenvalue weighted by Crippen LogP contribution is -2.34. The molecule has 1 aromatic carbocycles. The molecule has 1 atom stereocenters. The Morgan fingerprint density at radius 1 is 1.04 bits per heavy atom. The van der Waals surface area contributed by atoms with Crippen LogP contribution in [0.5, 0.6) is 11.5 Å². The maximum Gasteiger partial charge on any atom is 0.591 e. The van der Waals surface area contributed by atoms with E-state index in [1.807, 2.05) is 25.0 Å². The van der Waals surface area contributed by atoms with E-state index in [2.05, 4.69) is 0 Å². The predicted molar refractivity (Wildman–Crippen MR) is 86.7 cm³/mol. The molecular weight excluding hydrogens is 297 g/mol. The van der Waals surface area contributed by atoms with Gasteiger partial charge in [-0.1, -0.05) is 6.07 Å². The summed E-state index contributed by atoms with van der Waals surface area (Å²) in [5, 5.41) is 0. The quantitative estimate of drug-likeness (QED) is 0.785. The second kappa shape index (κ2) is 6.77. The van der Waals surface area contributed by atoms with Crippen molar-refractivity contribution in [1.82, 2.24) is 0 Å². The maximum absolute atomic E-state index is 5.95. The van der Waals surface area contributed by atoms with Gasteiger partial charge in [-0.25, -0.2) is 0 Å². The Kier molecular flexibility index (Phi) is 4.53. The minimum absolute atomic E-state index is 0.0251. The first kappa shape index (κ1) is 15.4. The summed E-state index contributed by atoms with van der Waals surface area (Å²) in [5.41, 5.74) is 1.11. The minimum atomic E-state index is -0.235. The Bertz CT molecular complexity index is 553. The van der Waals surface area contributed by atoms with Gasteiger partial charge >= 0.3 is 21.4 Å². The van der Waals surface area contributed by atoms with Crippen LogP contribution in [0.1, 0.15) is 12.0 Å². The highest BCUT2D eigenvalue weighted by atomic mass is 16.6. The van der Waals surface area contributed by atoms with Gasteiger partial charge in [0.1, 0.15) is 11.5 Å². The first-order valence-corrected chi connectivity index (χ1v) is 8.23. The molecule has 1 aromatic rings. The van der Waals surface area contributed by atoms with Gasteiger partial charge in [0.25, 0.3) is 0 Å². The summed E-state index contributed by atoms with van der Waals surface area (Å²) in [7, 11) is -0.622. The molecule has 0 amide bonds. The molecule has 0 radical (unpaired) electrons. The third kappa shape index (κ3) is 3.68. The Morgan fingerprint density at radius 3 is 2.74 bits per heavy atom. The molecule has 0 aliphatic carbocycles. The van der Waals surface area contributed by atoms with Crippen molar-refractivity contribution in [2.24, 2.45) is 0 Å². The van der Waals surface area contributed by atoms with E-state index in [1.165, 1.54) is 0 Å². The molecule has 120 valence electrons. The second-order valence-electron chi connectivity index (χ2n) is 6.07. The van der Waals surface area contributed by atoms with Crippen molar-refractivity contribution in [2.45, 2.75) is 32.0 Å². The van der Waals surface area contributed by atoms with E-state index in [4.69, 9.17) is 27.9 Å². The first-order valence-electron chi connectivity index (χ1n) is 8.23. The van der Waals surface area contributed by atoms with Crippen molar-refractivity contribution in [3.8, 4) is 11.5 Å². The fourth-order valence-electron chi connectivity index (χ4n) is 3.07. The van der Waals surface area contributed by atoms with Crippen LogP contribution in [0.15, 0.2) is 18.2 Å². The lowest BCUT2D eigenvalue weighted by Gasteiger charge is -2.21. The van der Waals surface area contributed by atoms with Crippen molar-refractivity contribution in [3.63, 3.8) is 0 Å². The van der Waals surface area contributed by atoms with Gasteiger partial charge in [-0.2, -0.15) is 0 Å². The van der Waals surface area contributed by atoms with Crippen molar-refractivity contribution in [2.75, 3.05) is 19.8 Å². The summed E-state index contributed by atoms with van der Waals surface area (Å²) in [5.74, 6) is 1.58. The Hall–Kier alpha value is -1.15. The Balaban J connectivity index is 1.29. The molecule has 3 heterocycles. The lowest BCUT2D eigenvalue weighted by atomic mass is 9.79. The number of fused-ring (bicyclic) bond motifs is 1.